The highest BCUT2D eigenvalue weighted by atomic mass is 16.5. The summed E-state index contributed by atoms with van der Waals surface area (Å²) in [7, 11) is 0. The lowest BCUT2D eigenvalue weighted by Crippen LogP contribution is -2.10. The molecule has 10 aromatic carbocycles. The fourth-order valence-corrected chi connectivity index (χ4v) is 8.47. The minimum atomic E-state index is 0.852. The van der Waals surface area contributed by atoms with Gasteiger partial charge in [0, 0.05) is 51.1 Å². The van der Waals surface area contributed by atoms with Gasteiger partial charge in [0.15, 0.2) is 0 Å². The minimum Gasteiger partial charge on any atom is -0.456 e. The molecule has 0 unspecified atom stereocenters. The molecule has 11 rings (SSSR count). The summed E-state index contributed by atoms with van der Waals surface area (Å²) >= 11 is 0. The summed E-state index contributed by atoms with van der Waals surface area (Å²) in [4.78, 5) is 4.60. The van der Waals surface area contributed by atoms with Crippen LogP contribution in [0.5, 0.6) is 11.5 Å². The molecule has 0 fully saturated rings. The number of nitrogens with zero attached hydrogens (tertiary/aromatic N) is 2. The molecule has 1 aliphatic heterocycles. The van der Waals surface area contributed by atoms with Gasteiger partial charge >= 0.3 is 0 Å². The van der Waals surface area contributed by atoms with Gasteiger partial charge in [0.25, 0.3) is 0 Å². The van der Waals surface area contributed by atoms with Crippen LogP contribution in [0.15, 0.2) is 218 Å². The second-order valence-electron chi connectivity index (χ2n) is 14.6. The fourth-order valence-electron chi connectivity index (χ4n) is 8.47. The van der Waals surface area contributed by atoms with Crippen LogP contribution in [0.1, 0.15) is 0 Å². The number of ether oxygens (including phenoxy) is 1. The molecule has 0 aromatic heterocycles. The smallest absolute Gasteiger partial charge is 0.137 e. The van der Waals surface area contributed by atoms with Crippen LogP contribution in [-0.2, 0) is 0 Å². The van der Waals surface area contributed by atoms with Crippen LogP contribution in [0.4, 0.5) is 34.1 Å². The molecule has 3 nitrogen and oxygen atoms in total. The van der Waals surface area contributed by atoms with E-state index in [9.17, 15) is 0 Å². The Balaban J connectivity index is 0.977. The van der Waals surface area contributed by atoms with E-state index < -0.39 is 0 Å². The maximum absolute atomic E-state index is 6.82. The predicted molar refractivity (Wildman–Crippen MR) is 239 cm³/mol. The van der Waals surface area contributed by atoms with Crippen molar-refractivity contribution in [1.82, 2.24) is 0 Å². The topological polar surface area (TPSA) is 15.7 Å². The van der Waals surface area contributed by atoms with E-state index in [0.717, 1.165) is 56.6 Å². The van der Waals surface area contributed by atoms with Crippen LogP contribution in [0.2, 0.25) is 0 Å². The molecule has 1 heterocycles. The molecule has 268 valence electrons. The van der Waals surface area contributed by atoms with E-state index >= 15 is 0 Å². The van der Waals surface area contributed by atoms with Gasteiger partial charge in [0.2, 0.25) is 0 Å². The number of para-hydroxylation sites is 3. The number of fused-ring (bicyclic) bond motifs is 5. The van der Waals surface area contributed by atoms with E-state index in [1.807, 2.05) is 0 Å². The van der Waals surface area contributed by atoms with Gasteiger partial charge in [-0.3, -0.25) is 0 Å². The minimum absolute atomic E-state index is 0.852. The number of hydrogen-bond donors (Lipinski definition) is 0. The van der Waals surface area contributed by atoms with Crippen LogP contribution >= 0.6 is 0 Å². The van der Waals surface area contributed by atoms with E-state index in [0.29, 0.717) is 0 Å². The molecule has 0 saturated heterocycles. The van der Waals surface area contributed by atoms with Gasteiger partial charge in [0.05, 0.1) is 0 Å². The van der Waals surface area contributed by atoms with E-state index in [-0.39, 0.29) is 0 Å². The summed E-state index contributed by atoms with van der Waals surface area (Å²) in [6.45, 7) is 0. The molecular formula is C54H36N2O. The van der Waals surface area contributed by atoms with Gasteiger partial charge in [-0.25, -0.2) is 0 Å². The highest BCUT2D eigenvalue weighted by Gasteiger charge is 2.24. The molecule has 0 radical (unpaired) electrons. The zero-order chi connectivity index (χ0) is 37.7. The Labute approximate surface area is 331 Å². The maximum Gasteiger partial charge on any atom is 0.137 e. The van der Waals surface area contributed by atoms with Crippen LogP contribution in [0.25, 0.3) is 54.6 Å². The molecule has 10 aromatic rings. The van der Waals surface area contributed by atoms with Crippen molar-refractivity contribution in [3.05, 3.63) is 218 Å². The second-order valence-corrected chi connectivity index (χ2v) is 14.6. The van der Waals surface area contributed by atoms with Gasteiger partial charge in [-0.15, -0.1) is 0 Å². The van der Waals surface area contributed by atoms with Crippen molar-refractivity contribution < 1.29 is 4.74 Å². The summed E-state index contributed by atoms with van der Waals surface area (Å²) < 4.78 is 6.82. The fraction of sp³-hybridized carbons (Fsp3) is 0. The number of rotatable bonds is 7. The first kappa shape index (κ1) is 32.8. The molecular weight excluding hydrogens is 693 g/mol. The molecule has 3 heteroatoms. The van der Waals surface area contributed by atoms with E-state index in [1.165, 1.54) is 43.6 Å². The van der Waals surface area contributed by atoms with Gasteiger partial charge in [-0.1, -0.05) is 121 Å². The average molecular weight is 729 g/mol. The van der Waals surface area contributed by atoms with Crippen molar-refractivity contribution in [3.63, 3.8) is 0 Å². The Morgan fingerprint density at radius 3 is 1.53 bits per heavy atom. The Kier molecular flexibility index (Phi) is 7.82. The average Bonchev–Trinajstić information content (AvgIpc) is 3.28. The SMILES string of the molecule is c1ccc(N(c2ccccc2)c2ccc(-c3ccc4cc5c6c(cccc6c4c3)Oc3cc(N(c4ccccc4)c4ccc6ccccc6c4)ccc3-5)cc2)cc1. The first-order chi connectivity index (χ1) is 28.2. The van der Waals surface area contributed by atoms with E-state index in [2.05, 4.69) is 228 Å². The summed E-state index contributed by atoms with van der Waals surface area (Å²) in [6, 6.07) is 77.9. The van der Waals surface area contributed by atoms with Crippen molar-refractivity contribution >= 4 is 66.4 Å². The zero-order valence-corrected chi connectivity index (χ0v) is 31.1. The standard InChI is InChI=1S/C54H36N2O/c1-4-15-42(16-5-1)55(43-17-6-2-7-18-43)45-28-25-38(26-29-45)40-23-24-41-35-51-48-32-31-47(36-53(48)57-52-22-12-21-49(54(51)52)50(41)34-40)56(44-19-8-3-9-20-44)46-30-27-37-13-10-11-14-39(37)33-46/h1-36H. The van der Waals surface area contributed by atoms with Gasteiger partial charge in [-0.05, 0) is 135 Å². The molecule has 0 aliphatic carbocycles. The normalized spacial score (nSPS) is 11.6. The van der Waals surface area contributed by atoms with Crippen LogP contribution in [0.3, 0.4) is 0 Å². The third-order valence-electron chi connectivity index (χ3n) is 11.2. The molecule has 0 atom stereocenters. The maximum atomic E-state index is 6.82. The molecule has 0 spiro atoms. The molecule has 57 heavy (non-hydrogen) atoms. The highest BCUT2D eigenvalue weighted by Crippen LogP contribution is 2.51. The lowest BCUT2D eigenvalue weighted by molar-refractivity contribution is 0.487. The predicted octanol–water partition coefficient (Wildman–Crippen LogP) is 15.5. The number of hydrogen-bond acceptors (Lipinski definition) is 3. The number of anilines is 6. The molecule has 1 aliphatic rings. The zero-order valence-electron chi connectivity index (χ0n) is 31.1. The lowest BCUT2D eigenvalue weighted by atomic mass is 9.89. The second kappa shape index (κ2) is 13.6. The largest absolute Gasteiger partial charge is 0.456 e. The molecule has 0 N–H and O–H groups in total. The molecule has 0 saturated carbocycles. The van der Waals surface area contributed by atoms with E-state index in [1.54, 1.807) is 0 Å². The Morgan fingerprint density at radius 2 is 0.825 bits per heavy atom. The highest BCUT2D eigenvalue weighted by molar-refractivity contribution is 6.18. The van der Waals surface area contributed by atoms with Crippen molar-refractivity contribution in [1.29, 1.82) is 0 Å². The van der Waals surface area contributed by atoms with E-state index in [4.69, 9.17) is 4.74 Å². The first-order valence-corrected chi connectivity index (χ1v) is 19.4. The van der Waals surface area contributed by atoms with Crippen molar-refractivity contribution in [3.8, 4) is 33.8 Å². The molecule has 0 amide bonds. The monoisotopic (exact) mass is 728 g/mol. The van der Waals surface area contributed by atoms with Crippen molar-refractivity contribution in [2.24, 2.45) is 0 Å². The van der Waals surface area contributed by atoms with Crippen LogP contribution in [0, 0.1) is 0 Å². The number of benzene rings is 10. The van der Waals surface area contributed by atoms with Crippen LogP contribution < -0.4 is 14.5 Å². The third-order valence-corrected chi connectivity index (χ3v) is 11.2. The Bertz CT molecular complexity index is 3050. The Hall–Kier alpha value is -7.62. The van der Waals surface area contributed by atoms with Gasteiger partial charge < -0.3 is 14.5 Å². The summed E-state index contributed by atoms with van der Waals surface area (Å²) in [5.41, 5.74) is 11.2. The third kappa shape index (κ3) is 5.76. The lowest BCUT2D eigenvalue weighted by Gasteiger charge is -2.28. The summed E-state index contributed by atoms with van der Waals surface area (Å²) in [5.74, 6) is 1.73. The first-order valence-electron chi connectivity index (χ1n) is 19.4. The quantitative estimate of drug-likeness (QED) is 0.152. The van der Waals surface area contributed by atoms with Crippen LogP contribution in [-0.4, -0.2) is 0 Å². The van der Waals surface area contributed by atoms with Gasteiger partial charge in [-0.2, -0.15) is 0 Å². The summed E-state index contributed by atoms with van der Waals surface area (Å²) in [5, 5.41) is 7.17. The summed E-state index contributed by atoms with van der Waals surface area (Å²) in [6.07, 6.45) is 0. The Morgan fingerprint density at radius 1 is 0.281 bits per heavy atom. The van der Waals surface area contributed by atoms with Crippen molar-refractivity contribution in [2.75, 3.05) is 9.80 Å². The van der Waals surface area contributed by atoms with Gasteiger partial charge in [0.1, 0.15) is 11.5 Å². The molecule has 0 bridgehead atoms. The van der Waals surface area contributed by atoms with Crippen molar-refractivity contribution in [2.45, 2.75) is 0 Å².